The van der Waals surface area contributed by atoms with Crippen LogP contribution in [-0.2, 0) is 27.5 Å². The van der Waals surface area contributed by atoms with Crippen LogP contribution in [0.1, 0.15) is 25.0 Å². The van der Waals surface area contributed by atoms with Crippen molar-refractivity contribution in [3.8, 4) is 11.3 Å². The lowest BCUT2D eigenvalue weighted by Gasteiger charge is -2.40. The van der Waals surface area contributed by atoms with Crippen LogP contribution in [0.4, 0.5) is 19.0 Å². The SMILES string of the molecule is CC(=O)NS(=O)(=O)c1ccc(-c2n[nH]cc2CN2CCN(c3ccc(C(F)(F)F)cn3)C(C)C2)cc1. The molecule has 0 aliphatic carbocycles. The van der Waals surface area contributed by atoms with Gasteiger partial charge in [-0.1, -0.05) is 12.1 Å². The predicted octanol–water partition coefficient (Wildman–Crippen LogP) is 3.03. The van der Waals surface area contributed by atoms with E-state index < -0.39 is 27.7 Å². The standard InChI is InChI=1S/C23H25F3N6O3S/c1-15-13-31(9-10-32(15)21-8-5-19(12-27-21)23(24,25)26)14-18-11-28-29-22(18)17-3-6-20(7-4-17)36(34,35)30-16(2)33/h3-8,11-12,15H,9-10,13-14H2,1-2H3,(H,28,29)(H,30,33). The van der Waals surface area contributed by atoms with Gasteiger partial charge >= 0.3 is 6.18 Å². The topological polar surface area (TPSA) is 111 Å². The number of aromatic amines is 1. The van der Waals surface area contributed by atoms with E-state index in [0.717, 1.165) is 24.8 Å². The number of anilines is 1. The molecule has 13 heteroatoms. The van der Waals surface area contributed by atoms with Gasteiger partial charge in [-0.05, 0) is 31.2 Å². The van der Waals surface area contributed by atoms with Crippen LogP contribution in [0.2, 0.25) is 0 Å². The smallest absolute Gasteiger partial charge is 0.351 e. The molecule has 36 heavy (non-hydrogen) atoms. The summed E-state index contributed by atoms with van der Waals surface area (Å²) in [4.78, 5) is 19.3. The highest BCUT2D eigenvalue weighted by atomic mass is 32.2. The van der Waals surface area contributed by atoms with Crippen LogP contribution in [-0.4, -0.2) is 60.1 Å². The number of benzene rings is 1. The second-order valence-corrected chi connectivity index (χ2v) is 10.3. The molecule has 1 aliphatic heterocycles. The average Bonchev–Trinajstić information content (AvgIpc) is 3.26. The van der Waals surface area contributed by atoms with E-state index in [9.17, 15) is 26.4 Å². The first-order chi connectivity index (χ1) is 16.9. The Morgan fingerprint density at radius 3 is 2.47 bits per heavy atom. The number of pyridine rings is 1. The fraction of sp³-hybridized carbons (Fsp3) is 0.348. The third kappa shape index (κ3) is 5.68. The molecule has 1 amide bonds. The van der Waals surface area contributed by atoms with E-state index >= 15 is 0 Å². The van der Waals surface area contributed by atoms with E-state index in [0.29, 0.717) is 43.3 Å². The zero-order valence-corrected chi connectivity index (χ0v) is 20.4. The number of rotatable bonds is 6. The van der Waals surface area contributed by atoms with Gasteiger partial charge in [0.05, 0.1) is 16.2 Å². The van der Waals surface area contributed by atoms with Crippen LogP contribution in [0.5, 0.6) is 0 Å². The Kier molecular flexibility index (Phi) is 7.05. The molecule has 4 rings (SSSR count). The summed E-state index contributed by atoms with van der Waals surface area (Å²) in [6, 6.07) is 8.56. The highest BCUT2D eigenvalue weighted by Crippen LogP contribution is 2.30. The number of aromatic nitrogens is 3. The minimum absolute atomic E-state index is 0.0246. The molecule has 1 atom stereocenters. The maximum absolute atomic E-state index is 12.8. The molecule has 0 saturated carbocycles. The minimum Gasteiger partial charge on any atom is -0.351 e. The number of sulfonamides is 1. The van der Waals surface area contributed by atoms with E-state index in [2.05, 4.69) is 20.1 Å². The number of nitrogens with one attached hydrogen (secondary N) is 2. The Morgan fingerprint density at radius 2 is 1.89 bits per heavy atom. The molecule has 2 aromatic heterocycles. The number of carbonyl (C=O) groups excluding carboxylic acids is 1. The zero-order chi connectivity index (χ0) is 26.1. The van der Waals surface area contributed by atoms with Crippen molar-refractivity contribution in [3.63, 3.8) is 0 Å². The summed E-state index contributed by atoms with van der Waals surface area (Å²) < 4.78 is 64.8. The molecule has 0 radical (unpaired) electrons. The van der Waals surface area contributed by atoms with Crippen molar-refractivity contribution >= 4 is 21.7 Å². The zero-order valence-electron chi connectivity index (χ0n) is 19.6. The minimum atomic E-state index is -4.42. The number of carbonyl (C=O) groups is 1. The Balaban J connectivity index is 1.42. The number of alkyl halides is 3. The molecule has 1 aliphatic rings. The summed E-state index contributed by atoms with van der Waals surface area (Å²) >= 11 is 0. The average molecular weight is 523 g/mol. The third-order valence-electron chi connectivity index (χ3n) is 5.91. The molecule has 1 aromatic carbocycles. The van der Waals surface area contributed by atoms with Gasteiger partial charge in [0.25, 0.3) is 10.0 Å². The maximum atomic E-state index is 12.8. The van der Waals surface area contributed by atoms with Crippen LogP contribution in [0.25, 0.3) is 11.3 Å². The van der Waals surface area contributed by atoms with Crippen molar-refractivity contribution in [2.75, 3.05) is 24.5 Å². The molecular formula is C23H25F3N6O3S. The molecule has 3 heterocycles. The van der Waals surface area contributed by atoms with Crippen molar-refractivity contribution in [1.82, 2.24) is 24.8 Å². The van der Waals surface area contributed by atoms with Gasteiger partial charge in [0, 0.05) is 62.7 Å². The number of nitrogens with zero attached hydrogens (tertiary/aromatic N) is 4. The highest BCUT2D eigenvalue weighted by molar-refractivity contribution is 7.90. The lowest BCUT2D eigenvalue weighted by Crippen LogP contribution is -2.51. The molecule has 0 spiro atoms. The van der Waals surface area contributed by atoms with Crippen LogP contribution in [0.15, 0.2) is 53.7 Å². The summed E-state index contributed by atoms with van der Waals surface area (Å²) in [7, 11) is -3.92. The summed E-state index contributed by atoms with van der Waals surface area (Å²) in [6.45, 7) is 5.64. The number of hydrogen-bond donors (Lipinski definition) is 2. The van der Waals surface area contributed by atoms with Crippen molar-refractivity contribution in [3.05, 3.63) is 59.9 Å². The third-order valence-corrected chi connectivity index (χ3v) is 7.36. The van der Waals surface area contributed by atoms with Gasteiger partial charge in [-0.3, -0.25) is 14.8 Å². The fourth-order valence-electron chi connectivity index (χ4n) is 4.21. The van der Waals surface area contributed by atoms with E-state index in [1.165, 1.54) is 18.2 Å². The van der Waals surface area contributed by atoms with Gasteiger partial charge in [-0.15, -0.1) is 0 Å². The first kappa shape index (κ1) is 25.6. The normalized spacial score (nSPS) is 17.2. The van der Waals surface area contributed by atoms with E-state index in [4.69, 9.17) is 0 Å². The molecule has 3 aromatic rings. The van der Waals surface area contributed by atoms with Gasteiger partial charge in [0.1, 0.15) is 5.82 Å². The van der Waals surface area contributed by atoms with Gasteiger partial charge in [0.15, 0.2) is 0 Å². The predicted molar refractivity (Wildman–Crippen MR) is 126 cm³/mol. The first-order valence-electron chi connectivity index (χ1n) is 11.1. The Labute approximate surface area is 206 Å². The van der Waals surface area contributed by atoms with Crippen LogP contribution in [0.3, 0.4) is 0 Å². The summed E-state index contributed by atoms with van der Waals surface area (Å²) in [5, 5.41) is 7.18. The fourth-order valence-corrected chi connectivity index (χ4v) is 5.20. The van der Waals surface area contributed by atoms with Crippen LogP contribution < -0.4 is 9.62 Å². The summed E-state index contributed by atoms with van der Waals surface area (Å²) in [5.41, 5.74) is 1.54. The lowest BCUT2D eigenvalue weighted by molar-refractivity contribution is -0.137. The molecular weight excluding hydrogens is 497 g/mol. The largest absolute Gasteiger partial charge is 0.417 e. The van der Waals surface area contributed by atoms with Gasteiger partial charge in [-0.2, -0.15) is 18.3 Å². The number of hydrogen-bond acceptors (Lipinski definition) is 7. The van der Waals surface area contributed by atoms with Crippen LogP contribution >= 0.6 is 0 Å². The van der Waals surface area contributed by atoms with Crippen molar-refractivity contribution in [1.29, 1.82) is 0 Å². The number of piperazine rings is 1. The molecule has 0 bridgehead atoms. The van der Waals surface area contributed by atoms with Gasteiger partial charge in [0.2, 0.25) is 5.91 Å². The first-order valence-corrected chi connectivity index (χ1v) is 12.6. The van der Waals surface area contributed by atoms with Crippen molar-refractivity contribution < 1.29 is 26.4 Å². The van der Waals surface area contributed by atoms with Crippen molar-refractivity contribution in [2.45, 2.75) is 37.5 Å². The molecule has 192 valence electrons. The number of halogens is 3. The summed E-state index contributed by atoms with van der Waals surface area (Å²) in [5.74, 6) is -0.162. The monoisotopic (exact) mass is 522 g/mol. The second-order valence-electron chi connectivity index (χ2n) is 8.63. The molecule has 9 nitrogen and oxygen atoms in total. The maximum Gasteiger partial charge on any atom is 0.417 e. The highest BCUT2D eigenvalue weighted by Gasteiger charge is 2.32. The Hall–Kier alpha value is -3.45. The van der Waals surface area contributed by atoms with Crippen LogP contribution in [0, 0.1) is 0 Å². The second kappa shape index (κ2) is 9.90. The molecule has 1 fully saturated rings. The van der Waals surface area contributed by atoms with E-state index in [-0.39, 0.29) is 10.9 Å². The molecule has 1 saturated heterocycles. The summed E-state index contributed by atoms with van der Waals surface area (Å²) in [6.07, 6.45) is -1.78. The Morgan fingerprint density at radius 1 is 1.17 bits per heavy atom. The lowest BCUT2D eigenvalue weighted by atomic mass is 10.1. The van der Waals surface area contributed by atoms with E-state index in [1.54, 1.807) is 18.3 Å². The molecule has 1 unspecified atom stereocenters. The number of amides is 1. The Bertz CT molecular complexity index is 1320. The van der Waals surface area contributed by atoms with Gasteiger partial charge < -0.3 is 4.90 Å². The van der Waals surface area contributed by atoms with E-state index in [1.807, 2.05) is 16.5 Å². The van der Waals surface area contributed by atoms with Gasteiger partial charge in [-0.25, -0.2) is 18.1 Å². The quantitative estimate of drug-likeness (QED) is 0.512. The molecule has 2 N–H and O–H groups in total. The van der Waals surface area contributed by atoms with Crippen molar-refractivity contribution in [2.24, 2.45) is 0 Å². The number of H-pyrrole nitrogens is 1.